The van der Waals surface area contributed by atoms with Crippen LogP contribution in [-0.4, -0.2) is 28.9 Å². The summed E-state index contributed by atoms with van der Waals surface area (Å²) in [6.07, 6.45) is 1.26. The predicted molar refractivity (Wildman–Crippen MR) is 111 cm³/mol. The number of furan rings is 1. The second-order valence-corrected chi connectivity index (χ2v) is 6.88. The molecule has 3 aromatic rings. The minimum Gasteiger partial charge on any atom is -0.478 e. The van der Waals surface area contributed by atoms with Crippen molar-refractivity contribution in [1.82, 2.24) is 5.32 Å². The molecule has 2 heterocycles. The van der Waals surface area contributed by atoms with E-state index in [9.17, 15) is 19.2 Å². The Kier molecular flexibility index (Phi) is 4.96. The van der Waals surface area contributed by atoms with Gasteiger partial charge >= 0.3 is 12.0 Å². The van der Waals surface area contributed by atoms with Crippen molar-refractivity contribution < 1.29 is 28.7 Å². The summed E-state index contributed by atoms with van der Waals surface area (Å²) in [5.41, 5.74) is 1.82. The molecule has 1 aromatic heterocycles. The average Bonchev–Trinajstić information content (AvgIpc) is 3.21. The van der Waals surface area contributed by atoms with Crippen molar-refractivity contribution in [3.8, 4) is 11.3 Å². The highest BCUT2D eigenvalue weighted by atomic mass is 16.4. The molecule has 2 aromatic carbocycles. The number of urea groups is 1. The quantitative estimate of drug-likeness (QED) is 0.496. The van der Waals surface area contributed by atoms with Crippen molar-refractivity contribution in [3.05, 3.63) is 83.1 Å². The van der Waals surface area contributed by atoms with Gasteiger partial charge in [0.25, 0.3) is 11.8 Å². The van der Waals surface area contributed by atoms with Crippen LogP contribution in [0, 0.1) is 6.92 Å². The molecule has 0 radical (unpaired) electrons. The molecule has 1 aliphatic rings. The molecule has 0 bridgehead atoms. The number of carboxylic acid groups (broad SMARTS) is 1. The highest BCUT2D eigenvalue weighted by molar-refractivity contribution is 6.39. The monoisotopic (exact) mass is 416 g/mol. The normalized spacial score (nSPS) is 15.3. The van der Waals surface area contributed by atoms with Gasteiger partial charge in [0.15, 0.2) is 0 Å². The maximum atomic E-state index is 12.9. The summed E-state index contributed by atoms with van der Waals surface area (Å²) < 4.78 is 5.69. The number of rotatable bonds is 4. The van der Waals surface area contributed by atoms with E-state index in [2.05, 4.69) is 5.32 Å². The molecule has 1 saturated heterocycles. The van der Waals surface area contributed by atoms with Crippen molar-refractivity contribution in [1.29, 1.82) is 0 Å². The van der Waals surface area contributed by atoms with E-state index < -0.39 is 23.8 Å². The molecule has 8 nitrogen and oxygen atoms in total. The van der Waals surface area contributed by atoms with E-state index >= 15 is 0 Å². The van der Waals surface area contributed by atoms with Crippen molar-refractivity contribution >= 4 is 35.6 Å². The molecule has 31 heavy (non-hydrogen) atoms. The number of carboxylic acids is 1. The van der Waals surface area contributed by atoms with Gasteiger partial charge in [0.2, 0.25) is 0 Å². The van der Waals surface area contributed by atoms with E-state index in [0.29, 0.717) is 17.0 Å². The number of imide groups is 2. The van der Waals surface area contributed by atoms with Gasteiger partial charge in [-0.1, -0.05) is 29.8 Å². The lowest BCUT2D eigenvalue weighted by molar-refractivity contribution is -0.122. The third kappa shape index (κ3) is 3.86. The van der Waals surface area contributed by atoms with Crippen LogP contribution in [-0.2, 0) is 9.59 Å². The average molecular weight is 416 g/mol. The number of nitrogens with zero attached hydrogens (tertiary/aromatic N) is 1. The SMILES string of the molecule is Cc1ccc(N2C(=O)NC(=O)C(=Cc3ccc(-c4ccc(C(=O)O)cc4)o3)C2=O)cc1. The molecule has 0 unspecified atom stereocenters. The van der Waals surface area contributed by atoms with E-state index in [0.717, 1.165) is 10.5 Å². The molecule has 8 heteroatoms. The standard InChI is InChI=1S/C23H16N2O6/c1-13-2-8-16(9-3-13)25-21(27)18(20(26)24-23(25)30)12-17-10-11-19(31-17)14-4-6-15(7-5-14)22(28)29/h2-12H,1H3,(H,28,29)(H,24,26,30). The van der Waals surface area contributed by atoms with E-state index in [1.54, 1.807) is 48.5 Å². The number of benzene rings is 2. The Morgan fingerprint density at radius 3 is 2.29 bits per heavy atom. The van der Waals surface area contributed by atoms with Gasteiger partial charge in [-0.05, 0) is 49.4 Å². The Morgan fingerprint density at radius 1 is 0.968 bits per heavy atom. The van der Waals surface area contributed by atoms with Gasteiger partial charge in [-0.25, -0.2) is 14.5 Å². The molecule has 0 aliphatic carbocycles. The van der Waals surface area contributed by atoms with Crippen LogP contribution in [0.1, 0.15) is 21.7 Å². The van der Waals surface area contributed by atoms with Crippen molar-refractivity contribution in [2.24, 2.45) is 0 Å². The number of barbiturate groups is 1. The van der Waals surface area contributed by atoms with Crippen LogP contribution in [0.3, 0.4) is 0 Å². The molecular formula is C23H16N2O6. The number of carbonyl (C=O) groups is 4. The lowest BCUT2D eigenvalue weighted by Gasteiger charge is -2.26. The van der Waals surface area contributed by atoms with E-state index in [1.807, 2.05) is 6.92 Å². The van der Waals surface area contributed by atoms with Crippen molar-refractivity contribution in [3.63, 3.8) is 0 Å². The van der Waals surface area contributed by atoms with Crippen LogP contribution in [0.4, 0.5) is 10.5 Å². The Balaban J connectivity index is 1.63. The lowest BCUT2D eigenvalue weighted by atomic mass is 10.1. The Labute approximate surface area is 176 Å². The van der Waals surface area contributed by atoms with E-state index in [-0.39, 0.29) is 16.9 Å². The largest absolute Gasteiger partial charge is 0.478 e. The highest BCUT2D eigenvalue weighted by Gasteiger charge is 2.37. The summed E-state index contributed by atoms with van der Waals surface area (Å²) in [6.45, 7) is 1.88. The fourth-order valence-electron chi connectivity index (χ4n) is 3.09. The van der Waals surface area contributed by atoms with Crippen molar-refractivity contribution in [2.45, 2.75) is 6.92 Å². The Hall–Kier alpha value is -4.46. The van der Waals surface area contributed by atoms with Crippen LogP contribution in [0.15, 0.2) is 70.7 Å². The summed E-state index contributed by atoms with van der Waals surface area (Å²) in [5, 5.41) is 11.1. The van der Waals surface area contributed by atoms with E-state index in [4.69, 9.17) is 9.52 Å². The summed E-state index contributed by atoms with van der Waals surface area (Å²) >= 11 is 0. The molecule has 0 spiro atoms. The molecule has 1 fully saturated rings. The minimum atomic E-state index is -1.04. The molecule has 0 atom stereocenters. The van der Waals surface area contributed by atoms with Crippen molar-refractivity contribution in [2.75, 3.05) is 4.90 Å². The van der Waals surface area contributed by atoms with Crippen LogP contribution < -0.4 is 10.2 Å². The van der Waals surface area contributed by atoms with Crippen LogP contribution in [0.25, 0.3) is 17.4 Å². The van der Waals surface area contributed by atoms with Gasteiger partial charge in [-0.3, -0.25) is 14.9 Å². The van der Waals surface area contributed by atoms with Crippen LogP contribution in [0.2, 0.25) is 0 Å². The van der Waals surface area contributed by atoms with Gasteiger partial charge in [0.05, 0.1) is 11.3 Å². The number of carbonyl (C=O) groups excluding carboxylic acids is 3. The second kappa shape index (κ2) is 7.75. The number of anilines is 1. The molecule has 4 amide bonds. The third-order valence-electron chi connectivity index (χ3n) is 4.72. The van der Waals surface area contributed by atoms with Gasteiger partial charge in [-0.15, -0.1) is 0 Å². The molecule has 1 aliphatic heterocycles. The molecule has 0 saturated carbocycles. The van der Waals surface area contributed by atoms with Gasteiger partial charge in [-0.2, -0.15) is 0 Å². The Morgan fingerprint density at radius 2 is 1.65 bits per heavy atom. The highest BCUT2D eigenvalue weighted by Crippen LogP contribution is 2.26. The zero-order valence-corrected chi connectivity index (χ0v) is 16.3. The predicted octanol–water partition coefficient (Wildman–Crippen LogP) is 3.62. The van der Waals surface area contributed by atoms with Crippen LogP contribution in [0.5, 0.6) is 0 Å². The summed E-state index contributed by atoms with van der Waals surface area (Å²) in [7, 11) is 0. The fourth-order valence-corrected chi connectivity index (χ4v) is 3.09. The molecule has 154 valence electrons. The smallest absolute Gasteiger partial charge is 0.335 e. The number of aromatic carboxylic acids is 1. The number of hydrogen-bond acceptors (Lipinski definition) is 5. The van der Waals surface area contributed by atoms with E-state index in [1.165, 1.54) is 18.2 Å². The lowest BCUT2D eigenvalue weighted by Crippen LogP contribution is -2.54. The molecule has 2 N–H and O–H groups in total. The first-order chi connectivity index (χ1) is 14.8. The summed E-state index contributed by atoms with van der Waals surface area (Å²) in [4.78, 5) is 49.3. The topological polar surface area (TPSA) is 117 Å². The van der Waals surface area contributed by atoms with Crippen LogP contribution >= 0.6 is 0 Å². The second-order valence-electron chi connectivity index (χ2n) is 6.88. The summed E-state index contributed by atoms with van der Waals surface area (Å²) in [6, 6.07) is 15.2. The van der Waals surface area contributed by atoms with Gasteiger partial charge in [0, 0.05) is 5.56 Å². The van der Waals surface area contributed by atoms with Gasteiger partial charge in [0.1, 0.15) is 17.1 Å². The zero-order chi connectivity index (χ0) is 22.1. The first-order valence-corrected chi connectivity index (χ1v) is 9.25. The molecule has 4 rings (SSSR count). The van der Waals surface area contributed by atoms with Gasteiger partial charge < -0.3 is 9.52 Å². The third-order valence-corrected chi connectivity index (χ3v) is 4.72. The maximum Gasteiger partial charge on any atom is 0.335 e. The fraction of sp³-hybridized carbons (Fsp3) is 0.0435. The number of amides is 4. The maximum absolute atomic E-state index is 12.9. The first-order valence-electron chi connectivity index (χ1n) is 9.25. The minimum absolute atomic E-state index is 0.142. The number of aryl methyl sites for hydroxylation is 1. The number of hydrogen-bond donors (Lipinski definition) is 2. The molecular weight excluding hydrogens is 400 g/mol. The summed E-state index contributed by atoms with van der Waals surface area (Å²) in [5.74, 6) is -1.96. The first kappa shape index (κ1) is 19.8. The Bertz CT molecular complexity index is 1240. The zero-order valence-electron chi connectivity index (χ0n) is 16.3. The number of nitrogens with one attached hydrogen (secondary N) is 1.